The first kappa shape index (κ1) is 15.0. The molecule has 5 nitrogen and oxygen atoms in total. The van der Waals surface area contributed by atoms with Crippen LogP contribution >= 0.6 is 11.6 Å². The number of non-ortho nitro benzene ring substituents is 1. The molecule has 0 unspecified atom stereocenters. The molecule has 0 aliphatic carbocycles. The van der Waals surface area contributed by atoms with Crippen LogP contribution in [0, 0.1) is 17.0 Å². The highest BCUT2D eigenvalue weighted by Crippen LogP contribution is 2.25. The normalized spacial score (nSPS) is 10.2. The Bertz CT molecular complexity index is 700. The fourth-order valence-corrected chi connectivity index (χ4v) is 1.91. The number of ether oxygens (including phenoxy) is 1. The Kier molecular flexibility index (Phi) is 4.55. The standard InChI is InChI=1S/C15H12ClNO4/c1-10-5-6-13(16)15(7-10)21-9-14(18)11-3-2-4-12(8-11)17(19)20/h2-8H,9H2,1H3. The van der Waals surface area contributed by atoms with Crippen LogP contribution in [0.3, 0.4) is 0 Å². The van der Waals surface area contributed by atoms with Crippen molar-refractivity contribution in [1.29, 1.82) is 0 Å². The number of hydrogen-bond donors (Lipinski definition) is 0. The monoisotopic (exact) mass is 305 g/mol. The predicted octanol–water partition coefficient (Wildman–Crippen LogP) is 3.82. The molecule has 108 valence electrons. The maximum absolute atomic E-state index is 12.0. The molecule has 0 aromatic heterocycles. The van der Waals surface area contributed by atoms with Gasteiger partial charge in [-0.15, -0.1) is 0 Å². The van der Waals surface area contributed by atoms with Gasteiger partial charge in [0, 0.05) is 17.7 Å². The fourth-order valence-electron chi connectivity index (χ4n) is 1.74. The number of ketones is 1. The van der Waals surface area contributed by atoms with Gasteiger partial charge >= 0.3 is 0 Å². The number of rotatable bonds is 5. The molecule has 0 saturated heterocycles. The molecule has 0 aliphatic heterocycles. The van der Waals surface area contributed by atoms with Crippen molar-refractivity contribution >= 4 is 23.1 Å². The van der Waals surface area contributed by atoms with E-state index in [4.69, 9.17) is 16.3 Å². The lowest BCUT2D eigenvalue weighted by molar-refractivity contribution is -0.384. The van der Waals surface area contributed by atoms with Crippen molar-refractivity contribution in [2.75, 3.05) is 6.61 Å². The van der Waals surface area contributed by atoms with E-state index in [9.17, 15) is 14.9 Å². The molecule has 0 spiro atoms. The molecule has 2 aromatic rings. The van der Waals surface area contributed by atoms with Gasteiger partial charge in [0.25, 0.3) is 5.69 Å². The van der Waals surface area contributed by atoms with Crippen LogP contribution in [0.4, 0.5) is 5.69 Å². The first-order valence-electron chi connectivity index (χ1n) is 6.14. The zero-order valence-electron chi connectivity index (χ0n) is 11.2. The molecule has 6 heteroatoms. The minimum Gasteiger partial charge on any atom is -0.484 e. The number of carbonyl (C=O) groups excluding carboxylic acids is 1. The van der Waals surface area contributed by atoms with Crippen LogP contribution in [0.15, 0.2) is 42.5 Å². The molecule has 0 N–H and O–H groups in total. The van der Waals surface area contributed by atoms with Crippen molar-refractivity contribution in [2.45, 2.75) is 6.92 Å². The maximum Gasteiger partial charge on any atom is 0.270 e. The third-order valence-corrected chi connectivity index (χ3v) is 3.14. The van der Waals surface area contributed by atoms with Crippen molar-refractivity contribution in [3.63, 3.8) is 0 Å². The van der Waals surface area contributed by atoms with Gasteiger partial charge in [0.1, 0.15) is 5.75 Å². The molecular weight excluding hydrogens is 294 g/mol. The van der Waals surface area contributed by atoms with Gasteiger partial charge in [-0.3, -0.25) is 14.9 Å². The quantitative estimate of drug-likeness (QED) is 0.478. The lowest BCUT2D eigenvalue weighted by Gasteiger charge is -2.08. The third kappa shape index (κ3) is 3.79. The average Bonchev–Trinajstić information content (AvgIpc) is 2.48. The fraction of sp³-hybridized carbons (Fsp3) is 0.133. The summed E-state index contributed by atoms with van der Waals surface area (Å²) in [5, 5.41) is 11.1. The Morgan fingerprint density at radius 2 is 2.05 bits per heavy atom. The van der Waals surface area contributed by atoms with Crippen LogP contribution in [0.25, 0.3) is 0 Å². The first-order chi connectivity index (χ1) is 9.97. The van der Waals surface area contributed by atoms with E-state index in [2.05, 4.69) is 0 Å². The van der Waals surface area contributed by atoms with Gasteiger partial charge in [-0.05, 0) is 24.6 Å². The lowest BCUT2D eigenvalue weighted by Crippen LogP contribution is -2.12. The van der Waals surface area contributed by atoms with E-state index >= 15 is 0 Å². The van der Waals surface area contributed by atoms with Crippen LogP contribution in [-0.4, -0.2) is 17.3 Å². The van der Waals surface area contributed by atoms with Crippen molar-refractivity contribution < 1.29 is 14.5 Å². The van der Waals surface area contributed by atoms with E-state index in [0.717, 1.165) is 5.56 Å². The lowest BCUT2D eigenvalue weighted by atomic mass is 10.1. The molecule has 0 fully saturated rings. The summed E-state index contributed by atoms with van der Waals surface area (Å²) >= 11 is 5.97. The number of nitro benzene ring substituents is 1. The SMILES string of the molecule is Cc1ccc(Cl)c(OCC(=O)c2cccc([N+](=O)[O-])c2)c1. The zero-order chi connectivity index (χ0) is 15.4. The van der Waals surface area contributed by atoms with Gasteiger partial charge < -0.3 is 4.74 Å². The van der Waals surface area contributed by atoms with Gasteiger partial charge in [0.15, 0.2) is 12.4 Å². The van der Waals surface area contributed by atoms with Crippen LogP contribution in [-0.2, 0) is 0 Å². The Morgan fingerprint density at radius 1 is 1.29 bits per heavy atom. The van der Waals surface area contributed by atoms with Gasteiger partial charge in [0.2, 0.25) is 0 Å². The Hall–Kier alpha value is -2.40. The summed E-state index contributed by atoms with van der Waals surface area (Å²) in [4.78, 5) is 22.1. The molecule has 0 bridgehead atoms. The van der Waals surface area contributed by atoms with Gasteiger partial charge in [0.05, 0.1) is 9.95 Å². The molecule has 2 rings (SSSR count). The Balaban J connectivity index is 2.10. The van der Waals surface area contributed by atoms with E-state index < -0.39 is 4.92 Å². The van der Waals surface area contributed by atoms with E-state index in [0.29, 0.717) is 10.8 Å². The van der Waals surface area contributed by atoms with Crippen molar-refractivity contribution in [3.8, 4) is 5.75 Å². The number of carbonyl (C=O) groups is 1. The topological polar surface area (TPSA) is 69.4 Å². The number of benzene rings is 2. The van der Waals surface area contributed by atoms with Gasteiger partial charge in [-0.1, -0.05) is 29.8 Å². The van der Waals surface area contributed by atoms with Crippen LogP contribution in [0.2, 0.25) is 5.02 Å². The highest BCUT2D eigenvalue weighted by Gasteiger charge is 2.13. The smallest absolute Gasteiger partial charge is 0.270 e. The second kappa shape index (κ2) is 6.37. The van der Waals surface area contributed by atoms with Crippen molar-refractivity contribution in [3.05, 3.63) is 68.7 Å². The van der Waals surface area contributed by atoms with E-state index in [1.165, 1.54) is 24.3 Å². The highest BCUT2D eigenvalue weighted by molar-refractivity contribution is 6.32. The molecule has 0 heterocycles. The summed E-state index contributed by atoms with van der Waals surface area (Å²) in [6, 6.07) is 10.8. The molecular formula is C15H12ClNO4. The summed E-state index contributed by atoms with van der Waals surface area (Å²) in [5.74, 6) is 0.0618. The van der Waals surface area contributed by atoms with Crippen LogP contribution < -0.4 is 4.74 Å². The van der Waals surface area contributed by atoms with Crippen LogP contribution in [0.1, 0.15) is 15.9 Å². The minimum absolute atomic E-state index is 0.130. The second-order valence-corrected chi connectivity index (χ2v) is 4.86. The molecule has 0 aliphatic rings. The number of nitrogens with zero attached hydrogens (tertiary/aromatic N) is 1. The largest absolute Gasteiger partial charge is 0.484 e. The first-order valence-corrected chi connectivity index (χ1v) is 6.52. The zero-order valence-corrected chi connectivity index (χ0v) is 12.0. The average molecular weight is 306 g/mol. The molecule has 0 radical (unpaired) electrons. The van der Waals surface area contributed by atoms with E-state index in [1.807, 2.05) is 13.0 Å². The predicted molar refractivity (Wildman–Crippen MR) is 79.1 cm³/mol. The summed E-state index contributed by atoms with van der Waals surface area (Å²) in [7, 11) is 0. The number of aryl methyl sites for hydroxylation is 1. The Morgan fingerprint density at radius 3 is 2.76 bits per heavy atom. The number of hydrogen-bond acceptors (Lipinski definition) is 4. The molecule has 21 heavy (non-hydrogen) atoms. The van der Waals surface area contributed by atoms with Crippen molar-refractivity contribution in [1.82, 2.24) is 0 Å². The van der Waals surface area contributed by atoms with Crippen LogP contribution in [0.5, 0.6) is 5.75 Å². The summed E-state index contributed by atoms with van der Waals surface area (Å²) < 4.78 is 5.38. The maximum atomic E-state index is 12.0. The molecule has 2 aromatic carbocycles. The molecule has 0 saturated carbocycles. The summed E-state index contributed by atoms with van der Waals surface area (Å²) in [6.45, 7) is 1.65. The Labute approximate surface area is 126 Å². The van der Waals surface area contributed by atoms with E-state index in [1.54, 1.807) is 12.1 Å². The second-order valence-electron chi connectivity index (χ2n) is 4.45. The van der Waals surface area contributed by atoms with Gasteiger partial charge in [-0.2, -0.15) is 0 Å². The third-order valence-electron chi connectivity index (χ3n) is 2.82. The molecule has 0 atom stereocenters. The number of Topliss-reactive ketones (excluding diaryl/α,β-unsaturated/α-hetero) is 1. The van der Waals surface area contributed by atoms with E-state index in [-0.39, 0.29) is 23.6 Å². The minimum atomic E-state index is -0.547. The molecule has 0 amide bonds. The summed E-state index contributed by atoms with van der Waals surface area (Å²) in [5.41, 5.74) is 1.06. The highest BCUT2D eigenvalue weighted by atomic mass is 35.5. The number of halogens is 1. The number of nitro groups is 1. The van der Waals surface area contributed by atoms with Gasteiger partial charge in [-0.25, -0.2) is 0 Å². The van der Waals surface area contributed by atoms with Crippen molar-refractivity contribution in [2.24, 2.45) is 0 Å². The summed E-state index contributed by atoms with van der Waals surface area (Å²) in [6.07, 6.45) is 0.